The van der Waals surface area contributed by atoms with Gasteiger partial charge in [-0.3, -0.25) is 19.7 Å². The van der Waals surface area contributed by atoms with Gasteiger partial charge >= 0.3 is 0 Å². The topological polar surface area (TPSA) is 132 Å². The van der Waals surface area contributed by atoms with E-state index in [2.05, 4.69) is 16.0 Å². The number of hydrogen-bond donors (Lipinski definition) is 3. The number of ether oxygens (including phenoxy) is 2. The Labute approximate surface area is 173 Å². The van der Waals surface area contributed by atoms with Gasteiger partial charge in [0.25, 0.3) is 11.6 Å². The third-order valence-electron chi connectivity index (χ3n) is 3.94. The first-order valence-corrected chi connectivity index (χ1v) is 9.26. The van der Waals surface area contributed by atoms with E-state index in [9.17, 15) is 19.7 Å². The number of anilines is 2. The number of carbonyl (C=O) groups excluding carboxylic acids is 2. The number of benzene rings is 2. The second-order valence-corrected chi connectivity index (χ2v) is 6.10. The van der Waals surface area contributed by atoms with Gasteiger partial charge in [-0.1, -0.05) is 0 Å². The van der Waals surface area contributed by atoms with Crippen LogP contribution in [0.4, 0.5) is 17.1 Å². The van der Waals surface area contributed by atoms with Crippen molar-refractivity contribution in [3.63, 3.8) is 0 Å². The molecule has 0 saturated carbocycles. The Balaban J connectivity index is 1.93. The van der Waals surface area contributed by atoms with Crippen LogP contribution in [-0.2, 0) is 9.53 Å². The quantitative estimate of drug-likeness (QED) is 0.291. The van der Waals surface area contributed by atoms with Crippen LogP contribution in [0.25, 0.3) is 0 Å². The molecule has 0 bridgehead atoms. The Morgan fingerprint density at radius 2 is 1.87 bits per heavy atom. The molecule has 2 rings (SSSR count). The lowest BCUT2D eigenvalue weighted by Gasteiger charge is -2.10. The van der Waals surface area contributed by atoms with Crippen molar-refractivity contribution in [2.75, 3.05) is 44.0 Å². The van der Waals surface area contributed by atoms with Crippen molar-refractivity contribution < 1.29 is 24.0 Å². The maximum absolute atomic E-state index is 12.3. The molecule has 160 valence electrons. The molecule has 2 amide bonds. The van der Waals surface area contributed by atoms with Gasteiger partial charge < -0.3 is 25.4 Å². The van der Waals surface area contributed by atoms with Gasteiger partial charge in [-0.25, -0.2) is 0 Å². The van der Waals surface area contributed by atoms with E-state index in [0.717, 1.165) is 6.07 Å². The fraction of sp³-hybridized carbons (Fsp3) is 0.300. The zero-order chi connectivity index (χ0) is 21.9. The molecule has 30 heavy (non-hydrogen) atoms. The van der Waals surface area contributed by atoms with Crippen LogP contribution in [0.15, 0.2) is 42.5 Å². The van der Waals surface area contributed by atoms with Crippen LogP contribution in [-0.4, -0.2) is 50.2 Å². The number of carbonyl (C=O) groups is 2. The van der Waals surface area contributed by atoms with E-state index in [1.54, 1.807) is 24.3 Å². The molecule has 0 aliphatic carbocycles. The third kappa shape index (κ3) is 6.74. The van der Waals surface area contributed by atoms with Gasteiger partial charge in [0.05, 0.1) is 24.7 Å². The van der Waals surface area contributed by atoms with Crippen molar-refractivity contribution in [3.05, 3.63) is 58.1 Å². The SMILES string of the molecule is CCOc1ccc(NC(=O)CNC(=O)c2ccc(NCCOC)c([N+](=O)[O-])c2)cc1. The summed E-state index contributed by atoms with van der Waals surface area (Å²) in [5.74, 6) is -0.339. The Hall–Kier alpha value is -3.66. The number of hydrogen-bond acceptors (Lipinski definition) is 7. The van der Waals surface area contributed by atoms with Crippen molar-refractivity contribution in [1.29, 1.82) is 0 Å². The van der Waals surface area contributed by atoms with E-state index in [1.165, 1.54) is 19.2 Å². The van der Waals surface area contributed by atoms with E-state index in [0.29, 0.717) is 31.2 Å². The summed E-state index contributed by atoms with van der Waals surface area (Å²) < 4.78 is 10.2. The van der Waals surface area contributed by atoms with Crippen molar-refractivity contribution in [2.45, 2.75) is 6.92 Å². The fourth-order valence-electron chi connectivity index (χ4n) is 2.53. The van der Waals surface area contributed by atoms with Crippen LogP contribution in [0.1, 0.15) is 17.3 Å². The number of amides is 2. The number of nitro benzene ring substituents is 1. The van der Waals surface area contributed by atoms with Gasteiger partial charge in [-0.05, 0) is 43.3 Å². The van der Waals surface area contributed by atoms with Crippen LogP contribution in [0.5, 0.6) is 5.75 Å². The Bertz CT molecular complexity index is 885. The highest BCUT2D eigenvalue weighted by Gasteiger charge is 2.18. The van der Waals surface area contributed by atoms with Gasteiger partial charge in [0.2, 0.25) is 5.91 Å². The molecule has 0 unspecified atom stereocenters. The van der Waals surface area contributed by atoms with Gasteiger partial charge in [0.15, 0.2) is 0 Å². The second-order valence-electron chi connectivity index (χ2n) is 6.10. The molecule has 0 aliphatic heterocycles. The number of nitrogens with one attached hydrogen (secondary N) is 3. The highest BCUT2D eigenvalue weighted by molar-refractivity contribution is 6.00. The molecule has 0 saturated heterocycles. The Morgan fingerprint density at radius 3 is 2.50 bits per heavy atom. The molecule has 0 fully saturated rings. The first-order valence-electron chi connectivity index (χ1n) is 9.26. The highest BCUT2D eigenvalue weighted by Crippen LogP contribution is 2.25. The summed E-state index contributed by atoms with van der Waals surface area (Å²) >= 11 is 0. The van der Waals surface area contributed by atoms with Gasteiger partial charge in [-0.2, -0.15) is 0 Å². The smallest absolute Gasteiger partial charge is 0.293 e. The van der Waals surface area contributed by atoms with E-state index in [-0.39, 0.29) is 23.5 Å². The molecule has 0 heterocycles. The summed E-state index contributed by atoms with van der Waals surface area (Å²) in [6.45, 7) is 2.89. The summed E-state index contributed by atoms with van der Waals surface area (Å²) in [4.78, 5) is 35.1. The summed E-state index contributed by atoms with van der Waals surface area (Å²) in [6, 6.07) is 10.9. The zero-order valence-electron chi connectivity index (χ0n) is 16.8. The Kier molecular flexibility index (Phi) is 8.57. The summed E-state index contributed by atoms with van der Waals surface area (Å²) in [7, 11) is 1.52. The third-order valence-corrected chi connectivity index (χ3v) is 3.94. The van der Waals surface area contributed by atoms with Crippen LogP contribution in [0.3, 0.4) is 0 Å². The summed E-state index contributed by atoms with van der Waals surface area (Å²) in [5, 5.41) is 19.3. The fourth-order valence-corrected chi connectivity index (χ4v) is 2.53. The lowest BCUT2D eigenvalue weighted by molar-refractivity contribution is -0.384. The second kappa shape index (κ2) is 11.4. The lowest BCUT2D eigenvalue weighted by Crippen LogP contribution is -2.32. The van der Waals surface area contributed by atoms with Crippen molar-refractivity contribution in [1.82, 2.24) is 5.32 Å². The predicted octanol–water partition coefficient (Wildman–Crippen LogP) is 2.42. The molecule has 0 atom stereocenters. The number of rotatable bonds is 11. The monoisotopic (exact) mass is 416 g/mol. The standard InChI is InChI=1S/C20H24N4O6/c1-3-30-16-7-5-15(6-8-16)23-19(25)13-22-20(26)14-4-9-17(21-10-11-29-2)18(12-14)24(27)28/h4-9,12,21H,3,10-11,13H2,1-2H3,(H,22,26)(H,23,25). The summed E-state index contributed by atoms with van der Waals surface area (Å²) in [6.07, 6.45) is 0. The van der Waals surface area contributed by atoms with Gasteiger partial charge in [0, 0.05) is 31.0 Å². The van der Waals surface area contributed by atoms with E-state index >= 15 is 0 Å². The minimum atomic E-state index is -0.594. The zero-order valence-corrected chi connectivity index (χ0v) is 16.8. The van der Waals surface area contributed by atoms with E-state index in [4.69, 9.17) is 9.47 Å². The maximum Gasteiger partial charge on any atom is 0.293 e. The van der Waals surface area contributed by atoms with Crippen molar-refractivity contribution in [2.24, 2.45) is 0 Å². The highest BCUT2D eigenvalue weighted by atomic mass is 16.6. The molecule has 0 spiro atoms. The average Bonchev–Trinajstić information content (AvgIpc) is 2.74. The van der Waals surface area contributed by atoms with E-state index in [1.807, 2.05) is 6.92 Å². The molecule has 2 aromatic rings. The van der Waals surface area contributed by atoms with Crippen LogP contribution in [0, 0.1) is 10.1 Å². The van der Waals surface area contributed by atoms with Crippen LogP contribution >= 0.6 is 0 Å². The first kappa shape index (κ1) is 22.6. The predicted molar refractivity (Wildman–Crippen MR) is 112 cm³/mol. The molecule has 0 aliphatic rings. The molecular weight excluding hydrogens is 392 g/mol. The first-order chi connectivity index (χ1) is 14.4. The number of methoxy groups -OCH3 is 1. The molecule has 3 N–H and O–H groups in total. The van der Waals surface area contributed by atoms with Crippen LogP contribution < -0.4 is 20.7 Å². The molecular formula is C20H24N4O6. The van der Waals surface area contributed by atoms with E-state index < -0.39 is 16.7 Å². The van der Waals surface area contributed by atoms with Gasteiger partial charge in [-0.15, -0.1) is 0 Å². The maximum atomic E-state index is 12.3. The average molecular weight is 416 g/mol. The lowest BCUT2D eigenvalue weighted by atomic mass is 10.1. The van der Waals surface area contributed by atoms with Crippen molar-refractivity contribution >= 4 is 28.9 Å². The molecule has 2 aromatic carbocycles. The number of nitrogens with zero attached hydrogens (tertiary/aromatic N) is 1. The molecule has 10 nitrogen and oxygen atoms in total. The normalized spacial score (nSPS) is 10.2. The molecule has 10 heteroatoms. The summed E-state index contributed by atoms with van der Waals surface area (Å²) in [5.41, 5.74) is 0.673. The minimum absolute atomic E-state index is 0.0767. The van der Waals surface area contributed by atoms with Crippen molar-refractivity contribution in [3.8, 4) is 5.75 Å². The largest absolute Gasteiger partial charge is 0.494 e. The van der Waals surface area contributed by atoms with Crippen LogP contribution in [0.2, 0.25) is 0 Å². The van der Waals surface area contributed by atoms with Gasteiger partial charge in [0.1, 0.15) is 11.4 Å². The molecule has 0 radical (unpaired) electrons. The minimum Gasteiger partial charge on any atom is -0.494 e. The Morgan fingerprint density at radius 1 is 1.13 bits per heavy atom. The number of nitro groups is 1. The molecule has 0 aromatic heterocycles.